The fourth-order valence-corrected chi connectivity index (χ4v) is 3.73. The third-order valence-corrected chi connectivity index (χ3v) is 5.01. The van der Waals surface area contributed by atoms with Gasteiger partial charge in [0, 0.05) is 15.9 Å². The molecule has 0 spiro atoms. The van der Waals surface area contributed by atoms with Crippen LogP contribution < -0.4 is 0 Å². The van der Waals surface area contributed by atoms with Crippen molar-refractivity contribution in [1.82, 2.24) is 4.90 Å². The van der Waals surface area contributed by atoms with Crippen molar-refractivity contribution in [3.05, 3.63) is 20.8 Å². The summed E-state index contributed by atoms with van der Waals surface area (Å²) in [7, 11) is 0. The fourth-order valence-electron chi connectivity index (χ4n) is 2.23. The molecule has 88 valence electrons. The van der Waals surface area contributed by atoms with Crippen molar-refractivity contribution >= 4 is 33.2 Å². The molecule has 2 heterocycles. The lowest BCUT2D eigenvalue weighted by molar-refractivity contribution is -0.143. The summed E-state index contributed by atoms with van der Waals surface area (Å²) in [6.07, 6.45) is 0.972. The molecule has 2 atom stereocenters. The molecule has 1 saturated heterocycles. The van der Waals surface area contributed by atoms with E-state index >= 15 is 0 Å². The Bertz CT molecular complexity index is 393. The molecule has 0 bridgehead atoms. The molecule has 1 aliphatic rings. The zero-order chi connectivity index (χ0) is 11.7. The molecule has 3 nitrogen and oxygen atoms in total. The van der Waals surface area contributed by atoms with E-state index in [0.29, 0.717) is 0 Å². The number of nitrogens with zero attached hydrogens (tertiary/aromatic N) is 1. The van der Waals surface area contributed by atoms with Crippen LogP contribution in [0.25, 0.3) is 0 Å². The zero-order valence-corrected chi connectivity index (χ0v) is 11.4. The maximum absolute atomic E-state index is 11.2. The van der Waals surface area contributed by atoms with Gasteiger partial charge in [0.15, 0.2) is 0 Å². The van der Waals surface area contributed by atoms with Gasteiger partial charge in [-0.3, -0.25) is 9.69 Å². The summed E-state index contributed by atoms with van der Waals surface area (Å²) in [6.45, 7) is 3.63. The highest BCUT2D eigenvalue weighted by molar-refractivity contribution is 9.10. The second-order valence-electron chi connectivity index (χ2n) is 4.21. The molecule has 1 aliphatic heterocycles. The van der Waals surface area contributed by atoms with Crippen LogP contribution in [-0.4, -0.2) is 28.6 Å². The van der Waals surface area contributed by atoms with Gasteiger partial charge in [-0.2, -0.15) is 0 Å². The summed E-state index contributed by atoms with van der Waals surface area (Å²) in [5.41, 5.74) is 0. The van der Waals surface area contributed by atoms with Gasteiger partial charge in [0.05, 0.1) is 0 Å². The number of hydrogen-bond donors (Lipinski definition) is 1. The molecule has 1 aromatic heterocycles. The van der Waals surface area contributed by atoms with Gasteiger partial charge in [-0.15, -0.1) is 11.3 Å². The van der Waals surface area contributed by atoms with E-state index in [-0.39, 0.29) is 12.0 Å². The largest absolute Gasteiger partial charge is 0.480 e. The van der Waals surface area contributed by atoms with Crippen molar-refractivity contribution in [3.8, 4) is 0 Å². The Balaban J connectivity index is 2.10. The third-order valence-electron chi connectivity index (χ3n) is 3.09. The van der Waals surface area contributed by atoms with Crippen LogP contribution in [0.4, 0.5) is 0 Å². The predicted octanol–water partition coefficient (Wildman–Crippen LogP) is 2.81. The lowest BCUT2D eigenvalue weighted by Crippen LogP contribution is -2.38. The van der Waals surface area contributed by atoms with Crippen LogP contribution in [0.1, 0.15) is 18.2 Å². The fraction of sp³-hybridized carbons (Fsp3) is 0.545. The Labute approximate surface area is 107 Å². The van der Waals surface area contributed by atoms with Crippen molar-refractivity contribution in [1.29, 1.82) is 0 Å². The summed E-state index contributed by atoms with van der Waals surface area (Å²) < 4.78 is 1.08. The van der Waals surface area contributed by atoms with Gasteiger partial charge in [-0.1, -0.05) is 6.92 Å². The van der Waals surface area contributed by atoms with E-state index in [9.17, 15) is 9.90 Å². The highest BCUT2D eigenvalue weighted by Crippen LogP contribution is 2.30. The van der Waals surface area contributed by atoms with Gasteiger partial charge >= 0.3 is 5.97 Å². The highest BCUT2D eigenvalue weighted by Gasteiger charge is 2.36. The standard InChI is InChI=1S/C11H14BrNO2S/c1-7-2-4-13(10(7)11(14)15)6-9-8(12)3-5-16-9/h3,5,7,10H,2,4,6H2,1H3,(H,14,15). The van der Waals surface area contributed by atoms with Crippen LogP contribution in [0, 0.1) is 5.92 Å². The number of aliphatic carboxylic acids is 1. The second-order valence-corrected chi connectivity index (χ2v) is 6.07. The second kappa shape index (κ2) is 4.85. The average molecular weight is 304 g/mol. The number of likely N-dealkylation sites (tertiary alicyclic amines) is 1. The summed E-state index contributed by atoms with van der Waals surface area (Å²) >= 11 is 5.15. The minimum absolute atomic E-state index is 0.247. The maximum atomic E-state index is 11.2. The number of halogens is 1. The first-order valence-corrected chi connectivity index (χ1v) is 6.95. The van der Waals surface area contributed by atoms with Gasteiger partial charge in [0.1, 0.15) is 6.04 Å². The van der Waals surface area contributed by atoms with Crippen LogP contribution in [0.3, 0.4) is 0 Å². The van der Waals surface area contributed by atoms with Crippen LogP contribution in [0.15, 0.2) is 15.9 Å². The molecule has 1 fully saturated rings. The van der Waals surface area contributed by atoms with E-state index < -0.39 is 5.97 Å². The molecule has 2 rings (SSSR count). The average Bonchev–Trinajstić information content (AvgIpc) is 2.75. The normalized spacial score (nSPS) is 26.1. The van der Waals surface area contributed by atoms with E-state index in [0.717, 1.165) is 24.0 Å². The number of thiophene rings is 1. The Morgan fingerprint density at radius 2 is 2.50 bits per heavy atom. The van der Waals surface area contributed by atoms with E-state index in [4.69, 9.17) is 0 Å². The molecule has 0 amide bonds. The smallest absolute Gasteiger partial charge is 0.321 e. The van der Waals surface area contributed by atoms with E-state index in [2.05, 4.69) is 20.8 Å². The first kappa shape index (κ1) is 12.1. The Hall–Kier alpha value is -0.390. The van der Waals surface area contributed by atoms with Gasteiger partial charge in [-0.25, -0.2) is 0 Å². The van der Waals surface area contributed by atoms with E-state index in [1.165, 1.54) is 4.88 Å². The molecule has 0 radical (unpaired) electrons. The number of hydrogen-bond acceptors (Lipinski definition) is 3. The minimum atomic E-state index is -0.697. The third kappa shape index (κ3) is 2.31. The number of carbonyl (C=O) groups is 1. The molecule has 5 heteroatoms. The predicted molar refractivity (Wildman–Crippen MR) is 67.6 cm³/mol. The maximum Gasteiger partial charge on any atom is 0.321 e. The van der Waals surface area contributed by atoms with Crippen LogP contribution in [-0.2, 0) is 11.3 Å². The zero-order valence-electron chi connectivity index (χ0n) is 9.02. The summed E-state index contributed by atoms with van der Waals surface area (Å²) in [5.74, 6) is -0.450. The van der Waals surface area contributed by atoms with Crippen LogP contribution in [0.2, 0.25) is 0 Å². The molecule has 0 aliphatic carbocycles. The molecular weight excluding hydrogens is 290 g/mol. The molecule has 1 N–H and O–H groups in total. The monoisotopic (exact) mass is 303 g/mol. The van der Waals surface area contributed by atoms with Gasteiger partial charge < -0.3 is 5.11 Å². The van der Waals surface area contributed by atoms with Crippen LogP contribution in [0.5, 0.6) is 0 Å². The molecule has 2 unspecified atom stereocenters. The highest BCUT2D eigenvalue weighted by atomic mass is 79.9. The molecular formula is C11H14BrNO2S. The SMILES string of the molecule is CC1CCN(Cc2sccc2Br)C1C(=O)O. The summed E-state index contributed by atoms with van der Waals surface area (Å²) in [5, 5.41) is 11.2. The van der Waals surface area contributed by atoms with Crippen molar-refractivity contribution in [3.63, 3.8) is 0 Å². The van der Waals surface area contributed by atoms with Crippen molar-refractivity contribution in [2.75, 3.05) is 6.54 Å². The number of rotatable bonds is 3. The van der Waals surface area contributed by atoms with Crippen molar-refractivity contribution < 1.29 is 9.90 Å². The Morgan fingerprint density at radius 1 is 1.75 bits per heavy atom. The summed E-state index contributed by atoms with van der Waals surface area (Å²) in [4.78, 5) is 14.5. The van der Waals surface area contributed by atoms with E-state index in [1.807, 2.05) is 18.4 Å². The molecule has 1 aromatic rings. The molecule has 0 aromatic carbocycles. The first-order chi connectivity index (χ1) is 7.59. The topological polar surface area (TPSA) is 40.5 Å². The Kier molecular flexibility index (Phi) is 3.66. The number of carboxylic acid groups (broad SMARTS) is 1. The van der Waals surface area contributed by atoms with Gasteiger partial charge in [-0.05, 0) is 46.3 Å². The molecule has 0 saturated carbocycles. The molecule has 16 heavy (non-hydrogen) atoms. The van der Waals surface area contributed by atoms with Gasteiger partial charge in [0.25, 0.3) is 0 Å². The van der Waals surface area contributed by atoms with Crippen molar-refractivity contribution in [2.24, 2.45) is 5.92 Å². The van der Waals surface area contributed by atoms with E-state index in [1.54, 1.807) is 11.3 Å². The van der Waals surface area contributed by atoms with Gasteiger partial charge in [0.2, 0.25) is 0 Å². The quantitative estimate of drug-likeness (QED) is 0.933. The lowest BCUT2D eigenvalue weighted by Gasteiger charge is -2.22. The first-order valence-electron chi connectivity index (χ1n) is 5.28. The Morgan fingerprint density at radius 3 is 3.06 bits per heavy atom. The summed E-state index contributed by atoms with van der Waals surface area (Å²) in [6, 6.07) is 1.68. The lowest BCUT2D eigenvalue weighted by atomic mass is 10.0. The number of carboxylic acids is 1. The van der Waals surface area contributed by atoms with Crippen LogP contribution >= 0.6 is 27.3 Å². The van der Waals surface area contributed by atoms with Crippen molar-refractivity contribution in [2.45, 2.75) is 25.9 Å². The minimum Gasteiger partial charge on any atom is -0.480 e.